The molecule has 4 nitrogen and oxygen atoms in total. The van der Waals surface area contributed by atoms with Gasteiger partial charge in [-0.1, -0.05) is 31.4 Å². The smallest absolute Gasteiger partial charge is 0.149 e. The Kier molecular flexibility index (Phi) is 9.61. The van der Waals surface area contributed by atoms with Crippen molar-refractivity contribution in [1.82, 2.24) is 9.80 Å². The molecule has 1 aromatic carbocycles. The average molecular weight is 483 g/mol. The summed E-state index contributed by atoms with van der Waals surface area (Å²) in [6.45, 7) is 9.65. The SMILES string of the molecule is C=C(C=O)/C=C\N(C)C1CCN(C/C(=C/C(=C(\CF)c2ccc(F)cc2)C2CC2)C(=C)OC)CC1. The Hall–Kier alpha value is -2.99. The number of benzene rings is 1. The van der Waals surface area contributed by atoms with Gasteiger partial charge in [0.1, 0.15) is 24.5 Å². The molecule has 1 heterocycles. The number of allylic oxidation sites excluding steroid dienone is 5. The van der Waals surface area contributed by atoms with E-state index in [1.54, 1.807) is 25.3 Å². The lowest BCUT2D eigenvalue weighted by atomic mass is 9.95. The van der Waals surface area contributed by atoms with Gasteiger partial charge in [0.15, 0.2) is 0 Å². The molecule has 35 heavy (non-hydrogen) atoms. The van der Waals surface area contributed by atoms with Crippen molar-refractivity contribution >= 4 is 11.9 Å². The molecule has 0 N–H and O–H groups in total. The van der Waals surface area contributed by atoms with Crippen molar-refractivity contribution in [3.05, 3.63) is 89.6 Å². The van der Waals surface area contributed by atoms with Crippen LogP contribution in [-0.2, 0) is 9.53 Å². The Morgan fingerprint density at radius 3 is 2.37 bits per heavy atom. The van der Waals surface area contributed by atoms with Crippen LogP contribution >= 0.6 is 0 Å². The highest BCUT2D eigenvalue weighted by Gasteiger charge is 2.29. The molecule has 0 amide bonds. The summed E-state index contributed by atoms with van der Waals surface area (Å²) in [5.41, 5.74) is 3.68. The summed E-state index contributed by atoms with van der Waals surface area (Å²) < 4.78 is 33.2. The summed E-state index contributed by atoms with van der Waals surface area (Å²) in [7, 11) is 3.63. The molecule has 3 rings (SSSR count). The molecule has 1 saturated carbocycles. The number of alkyl halides is 1. The predicted octanol–water partition coefficient (Wildman–Crippen LogP) is 5.71. The molecule has 1 aromatic rings. The second-order valence-corrected chi connectivity index (χ2v) is 9.33. The lowest BCUT2D eigenvalue weighted by Crippen LogP contribution is -2.42. The van der Waals surface area contributed by atoms with Crippen LogP contribution in [0.15, 0.2) is 78.3 Å². The minimum Gasteiger partial charge on any atom is -0.497 e. The molecule has 0 spiro atoms. The molecule has 1 saturated heterocycles. The van der Waals surface area contributed by atoms with Crippen LogP contribution in [-0.4, -0.2) is 62.6 Å². The number of hydrogen-bond donors (Lipinski definition) is 0. The van der Waals surface area contributed by atoms with Gasteiger partial charge in [-0.15, -0.1) is 0 Å². The molecule has 1 aliphatic heterocycles. The van der Waals surface area contributed by atoms with Gasteiger partial charge in [0.2, 0.25) is 0 Å². The number of likely N-dealkylation sites (tertiary alicyclic amines) is 1. The van der Waals surface area contributed by atoms with Crippen molar-refractivity contribution in [3.8, 4) is 0 Å². The maximum atomic E-state index is 14.2. The topological polar surface area (TPSA) is 32.8 Å². The van der Waals surface area contributed by atoms with Crippen molar-refractivity contribution in [3.63, 3.8) is 0 Å². The maximum Gasteiger partial charge on any atom is 0.149 e. The van der Waals surface area contributed by atoms with E-state index in [1.165, 1.54) is 12.1 Å². The number of methoxy groups -OCH3 is 1. The average Bonchev–Trinajstić information content (AvgIpc) is 3.72. The van der Waals surface area contributed by atoms with E-state index in [-0.39, 0.29) is 5.82 Å². The predicted molar refractivity (Wildman–Crippen MR) is 138 cm³/mol. The Balaban J connectivity index is 1.76. The Labute approximate surface area is 207 Å². The quantitative estimate of drug-likeness (QED) is 0.165. The van der Waals surface area contributed by atoms with Crippen molar-refractivity contribution in [1.29, 1.82) is 0 Å². The lowest BCUT2D eigenvalue weighted by Gasteiger charge is -2.36. The number of nitrogens with zero attached hydrogens (tertiary/aromatic N) is 2. The lowest BCUT2D eigenvalue weighted by molar-refractivity contribution is -0.104. The van der Waals surface area contributed by atoms with Gasteiger partial charge in [-0.2, -0.15) is 0 Å². The summed E-state index contributed by atoms with van der Waals surface area (Å²) in [5, 5.41) is 0. The fraction of sp³-hybridized carbons (Fsp3) is 0.414. The molecule has 0 aromatic heterocycles. The van der Waals surface area contributed by atoms with Gasteiger partial charge in [0, 0.05) is 43.9 Å². The highest BCUT2D eigenvalue weighted by Crippen LogP contribution is 2.42. The zero-order valence-corrected chi connectivity index (χ0v) is 20.8. The standard InChI is InChI=1S/C29H36F2N2O2/c1-21(20-34)11-14-32(3)27-12-15-33(16-13-27)19-25(22(2)35-4)17-28(23-5-6-23)29(18-30)24-7-9-26(31)10-8-24/h7-11,14,17,20,23,27H,1-2,5-6,12-13,15-16,18-19H2,3-4H3/b14-11-,25-17-,29-28-. The molecular formula is C29H36F2N2O2. The molecule has 1 aliphatic carbocycles. The van der Waals surface area contributed by atoms with Gasteiger partial charge in [-0.05, 0) is 72.7 Å². The fourth-order valence-corrected chi connectivity index (χ4v) is 4.45. The van der Waals surface area contributed by atoms with Gasteiger partial charge < -0.3 is 9.64 Å². The number of rotatable bonds is 12. The van der Waals surface area contributed by atoms with E-state index in [2.05, 4.69) is 23.0 Å². The van der Waals surface area contributed by atoms with Gasteiger partial charge in [0.25, 0.3) is 0 Å². The second-order valence-electron chi connectivity index (χ2n) is 9.33. The third kappa shape index (κ3) is 7.49. The van der Waals surface area contributed by atoms with Crippen LogP contribution in [0.2, 0.25) is 0 Å². The highest BCUT2D eigenvalue weighted by atomic mass is 19.1. The van der Waals surface area contributed by atoms with Crippen LogP contribution in [0.5, 0.6) is 0 Å². The summed E-state index contributed by atoms with van der Waals surface area (Å²) >= 11 is 0. The zero-order chi connectivity index (χ0) is 25.4. The van der Waals surface area contributed by atoms with E-state index >= 15 is 0 Å². The number of ether oxygens (including phenoxy) is 1. The van der Waals surface area contributed by atoms with E-state index < -0.39 is 6.67 Å². The summed E-state index contributed by atoms with van der Waals surface area (Å²) in [5.74, 6) is 0.551. The van der Waals surface area contributed by atoms with Crippen LogP contribution in [0, 0.1) is 11.7 Å². The number of hydrogen-bond acceptors (Lipinski definition) is 4. The van der Waals surface area contributed by atoms with Crippen molar-refractivity contribution in [2.24, 2.45) is 5.92 Å². The summed E-state index contributed by atoms with van der Waals surface area (Å²) in [6, 6.07) is 6.42. The molecule has 6 heteroatoms. The van der Waals surface area contributed by atoms with Crippen molar-refractivity contribution in [2.45, 2.75) is 31.7 Å². The molecule has 2 aliphatic rings. The normalized spacial score (nSPS) is 18.3. The fourth-order valence-electron chi connectivity index (χ4n) is 4.45. The Morgan fingerprint density at radius 2 is 1.83 bits per heavy atom. The van der Waals surface area contributed by atoms with E-state index in [1.807, 2.05) is 19.3 Å². The Morgan fingerprint density at radius 1 is 1.17 bits per heavy atom. The first-order valence-electron chi connectivity index (χ1n) is 12.1. The number of halogens is 2. The van der Waals surface area contributed by atoms with Gasteiger partial charge in [-0.3, -0.25) is 9.69 Å². The number of aldehydes is 1. The van der Waals surface area contributed by atoms with Crippen LogP contribution < -0.4 is 0 Å². The van der Waals surface area contributed by atoms with Gasteiger partial charge in [0.05, 0.1) is 7.11 Å². The van der Waals surface area contributed by atoms with Crippen LogP contribution in [0.3, 0.4) is 0 Å². The van der Waals surface area contributed by atoms with E-state index in [9.17, 15) is 13.6 Å². The monoisotopic (exact) mass is 482 g/mol. The molecule has 0 bridgehead atoms. The molecule has 0 unspecified atom stereocenters. The van der Waals surface area contributed by atoms with Gasteiger partial charge in [-0.25, -0.2) is 8.78 Å². The van der Waals surface area contributed by atoms with E-state index in [0.717, 1.165) is 56.2 Å². The van der Waals surface area contributed by atoms with E-state index in [0.29, 0.717) is 41.0 Å². The molecule has 188 valence electrons. The van der Waals surface area contributed by atoms with Gasteiger partial charge >= 0.3 is 0 Å². The molecule has 0 atom stereocenters. The largest absolute Gasteiger partial charge is 0.497 e. The Bertz CT molecular complexity index is 998. The van der Waals surface area contributed by atoms with Crippen LogP contribution in [0.25, 0.3) is 5.57 Å². The van der Waals surface area contributed by atoms with Crippen LogP contribution in [0.1, 0.15) is 31.2 Å². The molecule has 0 radical (unpaired) electrons. The second kappa shape index (κ2) is 12.6. The minimum atomic E-state index is -0.609. The third-order valence-corrected chi connectivity index (χ3v) is 6.83. The molecular weight excluding hydrogens is 446 g/mol. The first-order valence-corrected chi connectivity index (χ1v) is 12.1. The van der Waals surface area contributed by atoms with Crippen LogP contribution in [0.4, 0.5) is 8.78 Å². The number of carbonyl (C=O) groups is 1. The molecule has 2 fully saturated rings. The number of carbonyl (C=O) groups excluding carboxylic acids is 1. The zero-order valence-electron chi connectivity index (χ0n) is 20.8. The summed E-state index contributed by atoms with van der Waals surface area (Å²) in [4.78, 5) is 15.3. The summed E-state index contributed by atoms with van der Waals surface area (Å²) in [6.07, 6.45) is 10.4. The minimum absolute atomic E-state index is 0.303. The number of piperidine rings is 1. The van der Waals surface area contributed by atoms with Crippen molar-refractivity contribution in [2.75, 3.05) is 40.5 Å². The third-order valence-electron chi connectivity index (χ3n) is 6.83. The van der Waals surface area contributed by atoms with Crippen molar-refractivity contribution < 1.29 is 18.3 Å². The first kappa shape index (κ1) is 26.6. The maximum absolute atomic E-state index is 14.2. The van der Waals surface area contributed by atoms with E-state index in [4.69, 9.17) is 4.74 Å². The highest BCUT2D eigenvalue weighted by molar-refractivity contribution is 5.76. The first-order chi connectivity index (χ1) is 16.9.